The molecule has 1 aliphatic rings. The largest absolute Gasteiger partial charge is 0.383 e. The second kappa shape index (κ2) is 10.2. The van der Waals surface area contributed by atoms with Crippen LogP contribution >= 0.6 is 0 Å². The van der Waals surface area contributed by atoms with Crippen molar-refractivity contribution in [2.45, 2.75) is 46.2 Å². The van der Waals surface area contributed by atoms with Crippen molar-refractivity contribution < 1.29 is 9.13 Å². The van der Waals surface area contributed by atoms with E-state index < -0.39 is 12.0 Å². The molecule has 11 heteroatoms. The zero-order valence-corrected chi connectivity index (χ0v) is 23.1. The second-order valence-corrected chi connectivity index (χ2v) is 11.6. The molecule has 0 saturated carbocycles. The fourth-order valence-corrected chi connectivity index (χ4v) is 4.63. The lowest BCUT2D eigenvalue weighted by molar-refractivity contribution is -0.0965. The van der Waals surface area contributed by atoms with E-state index in [9.17, 15) is 14.9 Å². The first-order valence-corrected chi connectivity index (χ1v) is 12.9. The van der Waals surface area contributed by atoms with Crippen LogP contribution in [0.15, 0.2) is 36.7 Å². The number of aryl methyl sites for hydroxylation is 1. The first kappa shape index (κ1) is 27.0. The number of benzene rings is 1. The molecule has 40 heavy (non-hydrogen) atoms. The van der Waals surface area contributed by atoms with Crippen LogP contribution in [0.2, 0.25) is 0 Å². The molecule has 1 aliphatic heterocycles. The predicted molar refractivity (Wildman–Crippen MR) is 148 cm³/mol. The quantitative estimate of drug-likeness (QED) is 0.317. The molecule has 1 unspecified atom stereocenters. The van der Waals surface area contributed by atoms with Crippen LogP contribution in [0.1, 0.15) is 61.8 Å². The van der Waals surface area contributed by atoms with Crippen LogP contribution < -0.4 is 10.6 Å². The lowest BCUT2D eigenvalue weighted by Crippen LogP contribution is -2.49. The van der Waals surface area contributed by atoms with Gasteiger partial charge in [-0.05, 0) is 37.5 Å². The van der Waals surface area contributed by atoms with E-state index in [0.717, 1.165) is 0 Å². The Balaban J connectivity index is 1.63. The van der Waals surface area contributed by atoms with Gasteiger partial charge in [0.1, 0.15) is 23.4 Å². The molecule has 1 saturated heterocycles. The molecule has 1 aromatic carbocycles. The van der Waals surface area contributed by atoms with E-state index in [1.807, 2.05) is 19.2 Å². The summed E-state index contributed by atoms with van der Waals surface area (Å²) in [4.78, 5) is 8.45. The van der Waals surface area contributed by atoms with Crippen molar-refractivity contribution in [1.29, 1.82) is 10.5 Å². The molecule has 3 aromatic heterocycles. The van der Waals surface area contributed by atoms with E-state index in [0.29, 0.717) is 70.1 Å². The minimum atomic E-state index is -0.579. The zero-order chi connectivity index (χ0) is 28.7. The van der Waals surface area contributed by atoms with Crippen molar-refractivity contribution in [1.82, 2.24) is 25.0 Å². The SMILES string of the molecule is Cc1nc(F)ccc1C(Nc1cc(C#N)c2ncc(C#N)c(NCC(C)(C)C)c2c1)c1cn(C2(C)COC2)nn1. The number of pyridine rings is 2. The number of hydrogen-bond acceptors (Lipinski definition) is 9. The van der Waals surface area contributed by atoms with Gasteiger partial charge in [-0.1, -0.05) is 32.1 Å². The molecule has 0 aliphatic carbocycles. The van der Waals surface area contributed by atoms with Gasteiger partial charge in [0.25, 0.3) is 0 Å². The molecule has 1 atom stereocenters. The van der Waals surface area contributed by atoms with E-state index in [4.69, 9.17) is 4.74 Å². The summed E-state index contributed by atoms with van der Waals surface area (Å²) >= 11 is 0. The van der Waals surface area contributed by atoms with Gasteiger partial charge in [0.05, 0.1) is 47.8 Å². The number of nitrogens with zero attached hydrogens (tertiary/aromatic N) is 7. The standard InChI is InChI=1S/C29H30FN9O/c1-17-21(6-7-24(30)35-17)27(23-13-39(38-37-23)29(5)15-40-16-29)36-20-8-18(10-31)25-22(9-20)26(19(11-32)12-33-25)34-14-28(2,3)4/h6-9,12-13,27,36H,14-16H2,1-5H3,(H,33,34). The third-order valence-corrected chi connectivity index (χ3v) is 6.91. The van der Waals surface area contributed by atoms with Gasteiger partial charge in [-0.25, -0.2) is 9.67 Å². The molecular formula is C29H30FN9O. The van der Waals surface area contributed by atoms with Crippen molar-refractivity contribution in [2.24, 2.45) is 5.41 Å². The molecule has 0 spiro atoms. The number of nitrogens with one attached hydrogen (secondary N) is 2. The molecule has 0 bridgehead atoms. The molecule has 1 fully saturated rings. The number of halogens is 1. The number of rotatable bonds is 7. The Morgan fingerprint density at radius 1 is 1.18 bits per heavy atom. The van der Waals surface area contributed by atoms with Gasteiger partial charge < -0.3 is 15.4 Å². The van der Waals surface area contributed by atoms with Crippen molar-refractivity contribution in [3.8, 4) is 12.1 Å². The lowest BCUT2D eigenvalue weighted by atomic mass is 9.96. The summed E-state index contributed by atoms with van der Waals surface area (Å²) in [6.07, 6.45) is 3.33. The number of fused-ring (bicyclic) bond motifs is 1. The van der Waals surface area contributed by atoms with Crippen LogP contribution in [-0.2, 0) is 10.3 Å². The van der Waals surface area contributed by atoms with E-state index in [2.05, 4.69) is 63.8 Å². The van der Waals surface area contributed by atoms with Gasteiger partial charge in [-0.2, -0.15) is 14.9 Å². The Morgan fingerprint density at radius 2 is 1.93 bits per heavy atom. The first-order chi connectivity index (χ1) is 19.0. The van der Waals surface area contributed by atoms with Gasteiger partial charge >= 0.3 is 0 Å². The fraction of sp³-hybridized carbons (Fsp3) is 0.379. The smallest absolute Gasteiger partial charge is 0.213 e. The average Bonchev–Trinajstić information content (AvgIpc) is 3.38. The highest BCUT2D eigenvalue weighted by Crippen LogP contribution is 2.35. The maximum atomic E-state index is 13.9. The predicted octanol–water partition coefficient (Wildman–Crippen LogP) is 4.82. The lowest BCUT2D eigenvalue weighted by Gasteiger charge is -2.37. The number of anilines is 2. The molecular weight excluding hydrogens is 509 g/mol. The van der Waals surface area contributed by atoms with Crippen LogP contribution in [0.4, 0.5) is 15.8 Å². The Bertz CT molecular complexity index is 1670. The van der Waals surface area contributed by atoms with Crippen molar-refractivity contribution in [3.63, 3.8) is 0 Å². The van der Waals surface area contributed by atoms with Gasteiger partial charge in [-0.3, -0.25) is 4.98 Å². The summed E-state index contributed by atoms with van der Waals surface area (Å²) in [6, 6.07) is 10.4. The monoisotopic (exact) mass is 539 g/mol. The van der Waals surface area contributed by atoms with Gasteiger partial charge in [0.15, 0.2) is 0 Å². The van der Waals surface area contributed by atoms with Crippen LogP contribution in [-0.4, -0.2) is 44.7 Å². The summed E-state index contributed by atoms with van der Waals surface area (Å²) in [6.45, 7) is 11.7. The molecule has 2 N–H and O–H groups in total. The maximum absolute atomic E-state index is 13.9. The number of aromatic nitrogens is 5. The van der Waals surface area contributed by atoms with Crippen molar-refractivity contribution >= 4 is 22.3 Å². The number of nitriles is 2. The normalized spacial score (nSPS) is 15.1. The Morgan fingerprint density at radius 3 is 2.55 bits per heavy atom. The van der Waals surface area contributed by atoms with Crippen molar-refractivity contribution in [2.75, 3.05) is 30.4 Å². The van der Waals surface area contributed by atoms with E-state index in [1.54, 1.807) is 23.7 Å². The third-order valence-electron chi connectivity index (χ3n) is 6.91. The van der Waals surface area contributed by atoms with E-state index in [1.165, 1.54) is 12.3 Å². The molecule has 0 radical (unpaired) electrons. The number of ether oxygens (including phenoxy) is 1. The minimum absolute atomic E-state index is 0.0532. The number of hydrogen-bond donors (Lipinski definition) is 2. The second-order valence-electron chi connectivity index (χ2n) is 11.6. The molecule has 5 rings (SSSR count). The highest BCUT2D eigenvalue weighted by atomic mass is 19.1. The average molecular weight is 540 g/mol. The Hall–Kier alpha value is -4.61. The molecule has 4 heterocycles. The van der Waals surface area contributed by atoms with Crippen LogP contribution in [0.25, 0.3) is 10.9 Å². The third kappa shape index (κ3) is 5.16. The topological polar surface area (TPSA) is 137 Å². The van der Waals surface area contributed by atoms with Gasteiger partial charge in [-0.15, -0.1) is 5.10 Å². The van der Waals surface area contributed by atoms with Crippen molar-refractivity contribution in [3.05, 3.63) is 70.7 Å². The summed E-state index contributed by atoms with van der Waals surface area (Å²) in [5, 5.41) is 36.2. The van der Waals surface area contributed by atoms with Gasteiger partial charge in [0.2, 0.25) is 5.95 Å². The fourth-order valence-electron chi connectivity index (χ4n) is 4.63. The summed E-state index contributed by atoms with van der Waals surface area (Å²) < 4.78 is 21.1. The van der Waals surface area contributed by atoms with Gasteiger partial charge in [0, 0.05) is 35.1 Å². The van der Waals surface area contributed by atoms with E-state index >= 15 is 0 Å². The Kier molecular flexibility index (Phi) is 6.86. The summed E-state index contributed by atoms with van der Waals surface area (Å²) in [5.74, 6) is -0.579. The molecule has 0 amide bonds. The maximum Gasteiger partial charge on any atom is 0.213 e. The van der Waals surface area contributed by atoms with Crippen LogP contribution in [0.3, 0.4) is 0 Å². The summed E-state index contributed by atoms with van der Waals surface area (Å²) in [5.41, 5.74) is 3.87. The molecule has 4 aromatic rings. The highest BCUT2D eigenvalue weighted by Gasteiger charge is 2.37. The highest BCUT2D eigenvalue weighted by molar-refractivity contribution is 5.99. The molecule has 204 valence electrons. The van der Waals surface area contributed by atoms with Crippen LogP contribution in [0, 0.1) is 40.9 Å². The molecule has 10 nitrogen and oxygen atoms in total. The van der Waals surface area contributed by atoms with Crippen LogP contribution in [0.5, 0.6) is 0 Å². The zero-order valence-electron chi connectivity index (χ0n) is 23.1. The Labute approximate surface area is 231 Å². The summed E-state index contributed by atoms with van der Waals surface area (Å²) in [7, 11) is 0. The van der Waals surface area contributed by atoms with E-state index in [-0.39, 0.29) is 11.0 Å². The minimum Gasteiger partial charge on any atom is -0.383 e. The first-order valence-electron chi connectivity index (χ1n) is 12.9.